The minimum Gasteiger partial charge on any atom is -0.382 e. The van der Waals surface area contributed by atoms with Crippen molar-refractivity contribution in [3.05, 3.63) is 17.5 Å². The molecule has 1 N–H and O–H groups in total. The highest BCUT2D eigenvalue weighted by Gasteiger charge is 2.19. The van der Waals surface area contributed by atoms with Crippen molar-refractivity contribution < 1.29 is 14.3 Å². The van der Waals surface area contributed by atoms with Gasteiger partial charge in [-0.3, -0.25) is 4.79 Å². The lowest BCUT2D eigenvalue weighted by Gasteiger charge is -2.29. The number of hydrogen-bond acceptors (Lipinski definition) is 6. The molecule has 8 nitrogen and oxygen atoms in total. The first-order chi connectivity index (χ1) is 11.7. The average molecular weight is 354 g/mol. The van der Waals surface area contributed by atoms with Gasteiger partial charge in [-0.15, -0.1) is 0 Å². The number of ether oxygens (including phenoxy) is 2. The van der Waals surface area contributed by atoms with Gasteiger partial charge in [0.1, 0.15) is 10.7 Å². The number of pyridine rings is 1. The summed E-state index contributed by atoms with van der Waals surface area (Å²) in [5.41, 5.74) is 2.44. The molecule has 0 bridgehead atoms. The predicted molar refractivity (Wildman–Crippen MR) is 90.4 cm³/mol. The number of fused-ring (bicyclic) bond motifs is 1. The van der Waals surface area contributed by atoms with E-state index in [0.717, 1.165) is 24.3 Å². The molecule has 1 aliphatic rings. The Morgan fingerprint density at radius 3 is 3.00 bits per heavy atom. The first-order valence-corrected chi connectivity index (χ1v) is 8.13. The predicted octanol–water partition coefficient (Wildman–Crippen LogP) is 0.682. The van der Waals surface area contributed by atoms with Crippen molar-refractivity contribution in [1.82, 2.24) is 19.9 Å². The van der Waals surface area contributed by atoms with Gasteiger partial charge >= 0.3 is 0 Å². The molecule has 130 valence electrons. The Balaban J connectivity index is 1.93. The first kappa shape index (κ1) is 16.9. The lowest BCUT2D eigenvalue weighted by atomic mass is 10.3. The number of halogens is 1. The van der Waals surface area contributed by atoms with Crippen LogP contribution in [0.25, 0.3) is 11.2 Å². The van der Waals surface area contributed by atoms with E-state index in [2.05, 4.69) is 20.2 Å². The van der Waals surface area contributed by atoms with Crippen molar-refractivity contribution in [2.24, 2.45) is 0 Å². The van der Waals surface area contributed by atoms with Crippen LogP contribution in [0.5, 0.6) is 0 Å². The van der Waals surface area contributed by atoms with E-state index in [9.17, 15) is 4.79 Å². The molecule has 3 heterocycles. The van der Waals surface area contributed by atoms with Crippen LogP contribution in [0.3, 0.4) is 0 Å². The fraction of sp³-hybridized carbons (Fsp3) is 0.533. The minimum absolute atomic E-state index is 0.169. The smallest absolute Gasteiger partial charge is 0.207 e. The van der Waals surface area contributed by atoms with Gasteiger partial charge in [-0.25, -0.2) is 9.97 Å². The fourth-order valence-electron chi connectivity index (χ4n) is 2.86. The fourth-order valence-corrected chi connectivity index (χ4v) is 3.04. The van der Waals surface area contributed by atoms with Gasteiger partial charge in [0, 0.05) is 32.8 Å². The molecular formula is C15H20ClN5O3. The van der Waals surface area contributed by atoms with Gasteiger partial charge in [0.2, 0.25) is 6.41 Å². The van der Waals surface area contributed by atoms with E-state index in [4.69, 9.17) is 21.1 Å². The quantitative estimate of drug-likeness (QED) is 0.582. The number of hydrogen-bond donors (Lipinski definition) is 1. The van der Waals surface area contributed by atoms with Crippen molar-refractivity contribution in [2.45, 2.75) is 12.6 Å². The Bertz CT molecular complexity index is 702. The van der Waals surface area contributed by atoms with Gasteiger partial charge in [0.05, 0.1) is 37.9 Å². The standard InChI is InChI=1S/C15H20ClN5O3/c1-23-8-11(18-10-22)7-21-9-17-14-12(6-13(16)19-15(14)21)20-2-4-24-5-3-20/h6,9-11H,2-5,7-8H2,1H3,(H,18,22). The van der Waals surface area contributed by atoms with Crippen LogP contribution >= 0.6 is 11.6 Å². The van der Waals surface area contributed by atoms with Crippen molar-refractivity contribution in [1.29, 1.82) is 0 Å². The van der Waals surface area contributed by atoms with Crippen LogP contribution < -0.4 is 10.2 Å². The zero-order valence-electron chi connectivity index (χ0n) is 13.4. The maximum absolute atomic E-state index is 10.8. The highest BCUT2D eigenvalue weighted by atomic mass is 35.5. The Morgan fingerprint density at radius 2 is 2.29 bits per heavy atom. The van der Waals surface area contributed by atoms with E-state index >= 15 is 0 Å². The number of methoxy groups -OCH3 is 1. The molecule has 0 radical (unpaired) electrons. The number of imidazole rings is 1. The summed E-state index contributed by atoms with van der Waals surface area (Å²) in [5.74, 6) is 0. The van der Waals surface area contributed by atoms with Crippen LogP contribution in [0.1, 0.15) is 0 Å². The third kappa shape index (κ3) is 3.61. The molecule has 3 rings (SSSR count). The third-order valence-electron chi connectivity index (χ3n) is 3.96. The summed E-state index contributed by atoms with van der Waals surface area (Å²) in [4.78, 5) is 21.9. The molecule has 1 amide bonds. The van der Waals surface area contributed by atoms with E-state index in [-0.39, 0.29) is 6.04 Å². The van der Waals surface area contributed by atoms with Crippen molar-refractivity contribution >= 4 is 34.9 Å². The molecule has 0 saturated carbocycles. The number of amides is 1. The summed E-state index contributed by atoms with van der Waals surface area (Å²) >= 11 is 6.22. The van der Waals surface area contributed by atoms with E-state index < -0.39 is 0 Å². The molecule has 1 unspecified atom stereocenters. The molecule has 24 heavy (non-hydrogen) atoms. The lowest BCUT2D eigenvalue weighted by Crippen LogP contribution is -2.36. The summed E-state index contributed by atoms with van der Waals surface area (Å²) in [7, 11) is 1.59. The largest absolute Gasteiger partial charge is 0.382 e. The molecule has 0 spiro atoms. The Morgan fingerprint density at radius 1 is 1.50 bits per heavy atom. The molecule has 1 atom stereocenters. The lowest BCUT2D eigenvalue weighted by molar-refractivity contribution is -0.110. The zero-order chi connectivity index (χ0) is 16.9. The maximum atomic E-state index is 10.8. The second-order valence-electron chi connectivity index (χ2n) is 5.57. The topological polar surface area (TPSA) is 81.5 Å². The molecule has 1 fully saturated rings. The van der Waals surface area contributed by atoms with E-state index in [1.54, 1.807) is 13.4 Å². The minimum atomic E-state index is -0.169. The second kappa shape index (κ2) is 7.78. The number of morpholine rings is 1. The summed E-state index contributed by atoms with van der Waals surface area (Å²) in [5, 5.41) is 3.15. The van der Waals surface area contributed by atoms with E-state index in [1.807, 2.05) is 10.6 Å². The van der Waals surface area contributed by atoms with Gasteiger partial charge < -0.3 is 24.3 Å². The average Bonchev–Trinajstić information content (AvgIpc) is 2.98. The van der Waals surface area contributed by atoms with Gasteiger partial charge in [-0.05, 0) is 0 Å². The van der Waals surface area contributed by atoms with Crippen LogP contribution in [-0.2, 0) is 20.8 Å². The van der Waals surface area contributed by atoms with Gasteiger partial charge in [-0.2, -0.15) is 0 Å². The summed E-state index contributed by atoms with van der Waals surface area (Å²) in [6.07, 6.45) is 2.38. The molecule has 0 aliphatic carbocycles. The molecular weight excluding hydrogens is 334 g/mol. The monoisotopic (exact) mass is 353 g/mol. The molecule has 1 saturated heterocycles. The Labute approximate surface area is 144 Å². The highest BCUT2D eigenvalue weighted by Crippen LogP contribution is 2.28. The van der Waals surface area contributed by atoms with Gasteiger partial charge in [0.15, 0.2) is 5.65 Å². The van der Waals surface area contributed by atoms with Crippen molar-refractivity contribution in [3.8, 4) is 0 Å². The molecule has 2 aromatic rings. The summed E-state index contributed by atoms with van der Waals surface area (Å²) in [6.45, 7) is 3.85. The number of rotatable bonds is 7. The van der Waals surface area contributed by atoms with Crippen LogP contribution in [0.2, 0.25) is 5.15 Å². The van der Waals surface area contributed by atoms with Gasteiger partial charge in [-0.1, -0.05) is 11.6 Å². The third-order valence-corrected chi connectivity index (χ3v) is 4.16. The summed E-state index contributed by atoms with van der Waals surface area (Å²) in [6, 6.07) is 1.67. The maximum Gasteiger partial charge on any atom is 0.207 e. The molecule has 1 aliphatic heterocycles. The highest BCUT2D eigenvalue weighted by molar-refractivity contribution is 6.30. The number of carbonyl (C=O) groups is 1. The number of nitrogens with one attached hydrogen (secondary N) is 1. The number of carbonyl (C=O) groups excluding carboxylic acids is 1. The van der Waals surface area contributed by atoms with Crippen molar-refractivity contribution in [2.75, 3.05) is 44.9 Å². The van der Waals surface area contributed by atoms with Gasteiger partial charge in [0.25, 0.3) is 0 Å². The Hall–Kier alpha value is -1.90. The number of anilines is 1. The normalized spacial score (nSPS) is 16.3. The summed E-state index contributed by atoms with van der Waals surface area (Å²) < 4.78 is 12.4. The van der Waals surface area contributed by atoms with E-state index in [0.29, 0.717) is 43.6 Å². The first-order valence-electron chi connectivity index (χ1n) is 7.75. The number of nitrogens with zero attached hydrogens (tertiary/aromatic N) is 4. The van der Waals surface area contributed by atoms with Crippen LogP contribution in [0.4, 0.5) is 5.69 Å². The second-order valence-corrected chi connectivity index (χ2v) is 5.96. The molecule has 0 aromatic carbocycles. The van der Waals surface area contributed by atoms with Crippen molar-refractivity contribution in [3.63, 3.8) is 0 Å². The number of aromatic nitrogens is 3. The van der Waals surface area contributed by atoms with Crippen LogP contribution in [-0.4, -0.2) is 67.0 Å². The zero-order valence-corrected chi connectivity index (χ0v) is 14.2. The Kier molecular flexibility index (Phi) is 5.49. The molecule has 9 heteroatoms. The SMILES string of the molecule is COCC(Cn1cnc2c(N3CCOCC3)cc(Cl)nc21)NC=O. The van der Waals surface area contributed by atoms with Crippen LogP contribution in [0, 0.1) is 0 Å². The van der Waals surface area contributed by atoms with Crippen LogP contribution in [0.15, 0.2) is 12.4 Å². The van der Waals surface area contributed by atoms with E-state index in [1.165, 1.54) is 0 Å². The molecule has 2 aromatic heterocycles.